The number of hydrogen-bond donors (Lipinski definition) is 2. The Morgan fingerprint density at radius 3 is 2.75 bits per heavy atom. The molecule has 0 bridgehead atoms. The first kappa shape index (κ1) is 13.5. The van der Waals surface area contributed by atoms with Crippen molar-refractivity contribution in [3.63, 3.8) is 0 Å². The van der Waals surface area contributed by atoms with Crippen LogP contribution < -0.4 is 10.6 Å². The molecule has 1 heterocycles. The molecule has 1 aliphatic rings. The lowest BCUT2D eigenvalue weighted by molar-refractivity contribution is -0.121. The second-order valence-corrected chi connectivity index (χ2v) is 5.64. The minimum absolute atomic E-state index is 0.105. The average Bonchev–Trinajstić information content (AvgIpc) is 2.14. The SMILES string of the molecule is CN(C)CC(=O)NCC1NCCCC1(C)C. The molecule has 0 aliphatic carbocycles. The number of amides is 1. The van der Waals surface area contributed by atoms with Gasteiger partial charge in [0.2, 0.25) is 5.91 Å². The Kier molecular flexibility index (Phi) is 4.74. The smallest absolute Gasteiger partial charge is 0.234 e. The van der Waals surface area contributed by atoms with Crippen molar-refractivity contribution in [3.8, 4) is 0 Å². The predicted octanol–water partition coefficient (Wildman–Crippen LogP) is 0.442. The molecule has 16 heavy (non-hydrogen) atoms. The van der Waals surface area contributed by atoms with Crippen molar-refractivity contribution in [2.24, 2.45) is 5.41 Å². The molecule has 4 heteroatoms. The quantitative estimate of drug-likeness (QED) is 0.732. The highest BCUT2D eigenvalue weighted by Gasteiger charge is 2.31. The number of hydrogen-bond acceptors (Lipinski definition) is 3. The average molecular weight is 227 g/mol. The van der Waals surface area contributed by atoms with Crippen molar-refractivity contribution in [1.82, 2.24) is 15.5 Å². The molecule has 1 rings (SSSR count). The Hall–Kier alpha value is -0.610. The van der Waals surface area contributed by atoms with E-state index in [0.29, 0.717) is 12.6 Å². The van der Waals surface area contributed by atoms with Crippen LogP contribution in [0.25, 0.3) is 0 Å². The molecular weight excluding hydrogens is 202 g/mol. The van der Waals surface area contributed by atoms with Crippen molar-refractivity contribution in [1.29, 1.82) is 0 Å². The third kappa shape index (κ3) is 4.10. The number of piperidine rings is 1. The summed E-state index contributed by atoms with van der Waals surface area (Å²) in [5.74, 6) is 0.105. The van der Waals surface area contributed by atoms with Gasteiger partial charge in [0, 0.05) is 12.6 Å². The first-order valence-corrected chi connectivity index (χ1v) is 6.06. The molecule has 1 unspecified atom stereocenters. The number of nitrogens with zero attached hydrogens (tertiary/aromatic N) is 1. The van der Waals surface area contributed by atoms with Crippen LogP contribution in [0.1, 0.15) is 26.7 Å². The summed E-state index contributed by atoms with van der Waals surface area (Å²) in [5.41, 5.74) is 0.281. The van der Waals surface area contributed by atoms with E-state index in [1.54, 1.807) is 0 Å². The lowest BCUT2D eigenvalue weighted by Crippen LogP contribution is -2.53. The van der Waals surface area contributed by atoms with E-state index in [2.05, 4.69) is 24.5 Å². The largest absolute Gasteiger partial charge is 0.353 e. The third-order valence-corrected chi connectivity index (χ3v) is 3.30. The van der Waals surface area contributed by atoms with E-state index >= 15 is 0 Å². The second-order valence-electron chi connectivity index (χ2n) is 5.64. The van der Waals surface area contributed by atoms with E-state index in [0.717, 1.165) is 13.1 Å². The number of rotatable bonds is 4. The van der Waals surface area contributed by atoms with Crippen LogP contribution >= 0.6 is 0 Å². The maximum atomic E-state index is 11.5. The number of nitrogens with one attached hydrogen (secondary N) is 2. The predicted molar refractivity (Wildman–Crippen MR) is 66.4 cm³/mol. The van der Waals surface area contributed by atoms with Crippen molar-refractivity contribution >= 4 is 5.91 Å². The third-order valence-electron chi connectivity index (χ3n) is 3.30. The van der Waals surface area contributed by atoms with Crippen LogP contribution in [-0.4, -0.2) is 50.6 Å². The molecule has 94 valence electrons. The molecule has 0 aromatic rings. The van der Waals surface area contributed by atoms with E-state index in [1.807, 2.05) is 19.0 Å². The highest BCUT2D eigenvalue weighted by Crippen LogP contribution is 2.29. The molecule has 4 nitrogen and oxygen atoms in total. The molecule has 0 saturated carbocycles. The first-order valence-electron chi connectivity index (χ1n) is 6.06. The minimum atomic E-state index is 0.105. The van der Waals surface area contributed by atoms with E-state index in [1.165, 1.54) is 12.8 Å². The fourth-order valence-electron chi connectivity index (χ4n) is 2.18. The van der Waals surface area contributed by atoms with E-state index in [4.69, 9.17) is 0 Å². The van der Waals surface area contributed by atoms with Gasteiger partial charge in [-0.25, -0.2) is 0 Å². The Morgan fingerprint density at radius 2 is 2.19 bits per heavy atom. The topological polar surface area (TPSA) is 44.4 Å². The lowest BCUT2D eigenvalue weighted by atomic mass is 9.77. The maximum absolute atomic E-state index is 11.5. The minimum Gasteiger partial charge on any atom is -0.353 e. The zero-order valence-electron chi connectivity index (χ0n) is 11.0. The number of carbonyl (C=O) groups is 1. The lowest BCUT2D eigenvalue weighted by Gasteiger charge is -2.39. The van der Waals surface area contributed by atoms with E-state index < -0.39 is 0 Å². The first-order chi connectivity index (χ1) is 7.42. The van der Waals surface area contributed by atoms with Crippen LogP contribution in [0.3, 0.4) is 0 Å². The van der Waals surface area contributed by atoms with Gasteiger partial charge in [-0.05, 0) is 38.9 Å². The van der Waals surface area contributed by atoms with Gasteiger partial charge >= 0.3 is 0 Å². The molecular formula is C12H25N3O. The molecule has 0 aromatic heterocycles. The summed E-state index contributed by atoms with van der Waals surface area (Å²) >= 11 is 0. The highest BCUT2D eigenvalue weighted by atomic mass is 16.2. The standard InChI is InChI=1S/C12H25N3O/c1-12(2)6-5-7-13-10(12)8-14-11(16)9-15(3)4/h10,13H,5-9H2,1-4H3,(H,14,16). The zero-order valence-corrected chi connectivity index (χ0v) is 11.0. The molecule has 1 aliphatic heterocycles. The molecule has 1 amide bonds. The Bertz CT molecular complexity index is 238. The molecule has 2 N–H and O–H groups in total. The van der Waals surface area contributed by atoms with Gasteiger partial charge in [-0.1, -0.05) is 13.8 Å². The summed E-state index contributed by atoms with van der Waals surface area (Å²) in [7, 11) is 3.81. The molecule has 1 saturated heterocycles. The Balaban J connectivity index is 2.33. The van der Waals surface area contributed by atoms with Gasteiger partial charge in [-0.3, -0.25) is 4.79 Å². The van der Waals surface area contributed by atoms with E-state index in [-0.39, 0.29) is 11.3 Å². The van der Waals surface area contributed by atoms with Gasteiger partial charge in [-0.15, -0.1) is 0 Å². The summed E-state index contributed by atoms with van der Waals surface area (Å²) in [6.07, 6.45) is 2.46. The van der Waals surface area contributed by atoms with Gasteiger partial charge < -0.3 is 15.5 Å². The molecule has 0 radical (unpaired) electrons. The van der Waals surface area contributed by atoms with Crippen molar-refractivity contribution in [3.05, 3.63) is 0 Å². The van der Waals surface area contributed by atoms with Crippen LogP contribution in [0.15, 0.2) is 0 Å². The molecule has 0 aromatic carbocycles. The van der Waals surface area contributed by atoms with Crippen molar-refractivity contribution in [2.75, 3.05) is 33.7 Å². The number of carbonyl (C=O) groups excluding carboxylic acids is 1. The van der Waals surface area contributed by atoms with Crippen LogP contribution in [0.4, 0.5) is 0 Å². The molecule has 0 spiro atoms. The summed E-state index contributed by atoms with van der Waals surface area (Å²) in [4.78, 5) is 13.4. The number of likely N-dealkylation sites (N-methyl/N-ethyl adjacent to an activating group) is 1. The van der Waals surface area contributed by atoms with Crippen LogP contribution in [0, 0.1) is 5.41 Å². The second kappa shape index (κ2) is 5.64. The summed E-state index contributed by atoms with van der Waals surface area (Å²) < 4.78 is 0. The monoisotopic (exact) mass is 227 g/mol. The molecule has 1 fully saturated rings. The van der Waals surface area contributed by atoms with Gasteiger partial charge in [0.25, 0.3) is 0 Å². The van der Waals surface area contributed by atoms with Gasteiger partial charge in [0.1, 0.15) is 0 Å². The van der Waals surface area contributed by atoms with Crippen LogP contribution in [-0.2, 0) is 4.79 Å². The van der Waals surface area contributed by atoms with Gasteiger partial charge in [-0.2, -0.15) is 0 Å². The van der Waals surface area contributed by atoms with Crippen LogP contribution in [0.2, 0.25) is 0 Å². The van der Waals surface area contributed by atoms with Crippen molar-refractivity contribution < 1.29 is 4.79 Å². The van der Waals surface area contributed by atoms with Crippen LogP contribution in [0.5, 0.6) is 0 Å². The highest BCUT2D eigenvalue weighted by molar-refractivity contribution is 5.77. The summed E-state index contributed by atoms with van der Waals surface area (Å²) in [6, 6.07) is 0.396. The van der Waals surface area contributed by atoms with Crippen molar-refractivity contribution in [2.45, 2.75) is 32.7 Å². The molecule has 1 atom stereocenters. The summed E-state index contributed by atoms with van der Waals surface area (Å²) in [5, 5.41) is 6.49. The summed E-state index contributed by atoms with van der Waals surface area (Å²) in [6.45, 7) is 6.80. The van der Waals surface area contributed by atoms with Gasteiger partial charge in [0.15, 0.2) is 0 Å². The Labute approximate surface area is 98.8 Å². The zero-order chi connectivity index (χ0) is 12.2. The fraction of sp³-hybridized carbons (Fsp3) is 0.917. The fourth-order valence-corrected chi connectivity index (χ4v) is 2.18. The normalized spacial score (nSPS) is 24.4. The van der Waals surface area contributed by atoms with E-state index in [9.17, 15) is 4.79 Å². The van der Waals surface area contributed by atoms with Gasteiger partial charge in [0.05, 0.1) is 6.54 Å². The Morgan fingerprint density at radius 1 is 1.50 bits per heavy atom. The maximum Gasteiger partial charge on any atom is 0.234 e.